The van der Waals surface area contributed by atoms with Gasteiger partial charge in [-0.15, -0.1) is 5.10 Å². The van der Waals surface area contributed by atoms with Crippen LogP contribution in [0.25, 0.3) is 10.9 Å². The highest BCUT2D eigenvalue weighted by molar-refractivity contribution is 5.83. The largest absolute Gasteiger partial charge is 0.468 e. The van der Waals surface area contributed by atoms with Crippen molar-refractivity contribution in [3.05, 3.63) is 75.2 Å². The SMILES string of the molecule is CC[C@H](c1nnnn1C1CCCCC1)N(Cc1ccco1)Cc1cc2c(C)cc(C)cc2[nH]c1=O. The van der Waals surface area contributed by atoms with E-state index in [-0.39, 0.29) is 11.6 Å². The van der Waals surface area contributed by atoms with Crippen molar-refractivity contribution in [1.82, 2.24) is 30.1 Å². The van der Waals surface area contributed by atoms with Gasteiger partial charge >= 0.3 is 0 Å². The van der Waals surface area contributed by atoms with Crippen LogP contribution in [0.3, 0.4) is 0 Å². The van der Waals surface area contributed by atoms with Crippen LogP contribution in [0.15, 0.2) is 45.8 Å². The van der Waals surface area contributed by atoms with Gasteiger partial charge in [0.15, 0.2) is 5.82 Å². The first-order valence-corrected chi connectivity index (χ1v) is 12.7. The van der Waals surface area contributed by atoms with Crippen LogP contribution in [0.1, 0.15) is 85.8 Å². The van der Waals surface area contributed by atoms with E-state index in [4.69, 9.17) is 4.42 Å². The van der Waals surface area contributed by atoms with E-state index in [2.05, 4.69) is 45.3 Å². The van der Waals surface area contributed by atoms with Gasteiger partial charge in [-0.05, 0) is 78.9 Å². The van der Waals surface area contributed by atoms with Gasteiger partial charge in [-0.25, -0.2) is 4.68 Å². The summed E-state index contributed by atoms with van der Waals surface area (Å²) in [6, 6.07) is 10.4. The predicted molar refractivity (Wildman–Crippen MR) is 135 cm³/mol. The molecule has 1 fully saturated rings. The molecule has 3 heterocycles. The maximum absolute atomic E-state index is 13.2. The van der Waals surface area contributed by atoms with Gasteiger partial charge in [0, 0.05) is 23.0 Å². The van der Waals surface area contributed by atoms with E-state index >= 15 is 0 Å². The van der Waals surface area contributed by atoms with E-state index in [1.165, 1.54) is 19.3 Å². The van der Waals surface area contributed by atoms with Crippen molar-refractivity contribution >= 4 is 10.9 Å². The van der Waals surface area contributed by atoms with Crippen molar-refractivity contribution < 1.29 is 4.42 Å². The molecule has 0 unspecified atom stereocenters. The lowest BCUT2D eigenvalue weighted by molar-refractivity contribution is 0.144. The number of nitrogens with zero attached hydrogens (tertiary/aromatic N) is 5. The molecule has 0 spiro atoms. The highest BCUT2D eigenvalue weighted by atomic mass is 16.3. The van der Waals surface area contributed by atoms with E-state index in [0.717, 1.165) is 58.4 Å². The number of pyridine rings is 1. The maximum Gasteiger partial charge on any atom is 0.252 e. The molecule has 5 rings (SSSR count). The molecule has 1 N–H and O–H groups in total. The molecule has 1 saturated carbocycles. The first kappa shape index (κ1) is 23.5. The van der Waals surface area contributed by atoms with Crippen molar-refractivity contribution in [2.45, 2.75) is 84.5 Å². The number of aromatic amines is 1. The summed E-state index contributed by atoms with van der Waals surface area (Å²) >= 11 is 0. The summed E-state index contributed by atoms with van der Waals surface area (Å²) in [6.45, 7) is 7.32. The van der Waals surface area contributed by atoms with Crippen LogP contribution in [-0.4, -0.2) is 30.1 Å². The standard InChI is InChI=1S/C27H34N6O2/c1-4-25(26-29-30-31-33(26)21-9-6-5-7-10-21)32(17-22-11-8-12-35-22)16-20-15-23-19(3)13-18(2)14-24(23)28-27(20)34/h8,11-15,21,25H,4-7,9-10,16-17H2,1-3H3,(H,28,34)/t25-/m1/s1. The third-order valence-corrected chi connectivity index (χ3v) is 7.27. The Kier molecular flexibility index (Phi) is 6.81. The first-order chi connectivity index (χ1) is 17.0. The molecule has 8 heteroatoms. The fourth-order valence-corrected chi connectivity index (χ4v) is 5.54. The summed E-state index contributed by atoms with van der Waals surface area (Å²) in [5.41, 5.74) is 3.84. The number of hydrogen-bond donors (Lipinski definition) is 1. The summed E-state index contributed by atoms with van der Waals surface area (Å²) < 4.78 is 7.75. The quantitative estimate of drug-likeness (QED) is 0.368. The highest BCUT2D eigenvalue weighted by Gasteiger charge is 2.29. The molecule has 35 heavy (non-hydrogen) atoms. The number of furan rings is 1. The molecule has 184 valence electrons. The maximum atomic E-state index is 13.2. The minimum atomic E-state index is -0.0614. The van der Waals surface area contributed by atoms with Crippen LogP contribution in [0.5, 0.6) is 0 Å². The number of rotatable bonds is 8. The smallest absolute Gasteiger partial charge is 0.252 e. The Balaban J connectivity index is 1.52. The van der Waals surface area contributed by atoms with Crippen LogP contribution < -0.4 is 5.56 Å². The topological polar surface area (TPSA) is 92.8 Å². The van der Waals surface area contributed by atoms with Crippen molar-refractivity contribution in [2.75, 3.05) is 0 Å². The zero-order chi connectivity index (χ0) is 24.4. The number of aryl methyl sites for hydroxylation is 2. The van der Waals surface area contributed by atoms with Crippen LogP contribution in [0.2, 0.25) is 0 Å². The Morgan fingerprint density at radius 1 is 1.17 bits per heavy atom. The molecule has 0 aliphatic heterocycles. The minimum Gasteiger partial charge on any atom is -0.468 e. The van der Waals surface area contributed by atoms with Gasteiger partial charge in [0.1, 0.15) is 5.76 Å². The molecule has 4 aromatic rings. The van der Waals surface area contributed by atoms with Crippen molar-refractivity contribution in [1.29, 1.82) is 0 Å². The van der Waals surface area contributed by atoms with Crippen LogP contribution in [0, 0.1) is 13.8 Å². The third-order valence-electron chi connectivity index (χ3n) is 7.27. The summed E-state index contributed by atoms with van der Waals surface area (Å²) in [6.07, 6.45) is 8.42. The van der Waals surface area contributed by atoms with E-state index < -0.39 is 0 Å². The van der Waals surface area contributed by atoms with Gasteiger partial charge in [-0.2, -0.15) is 0 Å². The zero-order valence-corrected chi connectivity index (χ0v) is 20.8. The van der Waals surface area contributed by atoms with Gasteiger partial charge < -0.3 is 9.40 Å². The Labute approximate surface area is 205 Å². The van der Waals surface area contributed by atoms with E-state index in [0.29, 0.717) is 19.1 Å². The molecule has 0 bridgehead atoms. The van der Waals surface area contributed by atoms with Gasteiger partial charge in [0.2, 0.25) is 0 Å². The van der Waals surface area contributed by atoms with Gasteiger partial charge in [-0.1, -0.05) is 32.3 Å². The normalized spacial score (nSPS) is 15.8. The number of aromatic nitrogens is 5. The minimum absolute atomic E-state index is 0.0498. The molecule has 8 nitrogen and oxygen atoms in total. The lowest BCUT2D eigenvalue weighted by atomic mass is 9.95. The Hall–Kier alpha value is -3.26. The van der Waals surface area contributed by atoms with Crippen LogP contribution in [0.4, 0.5) is 0 Å². The molecule has 1 aliphatic rings. The third kappa shape index (κ3) is 4.93. The fraction of sp³-hybridized carbons (Fsp3) is 0.481. The van der Waals surface area contributed by atoms with Crippen LogP contribution >= 0.6 is 0 Å². The van der Waals surface area contributed by atoms with E-state index in [1.54, 1.807) is 6.26 Å². The average Bonchev–Trinajstić information content (AvgIpc) is 3.53. The number of tetrazole rings is 1. The number of benzene rings is 1. The second-order valence-corrected chi connectivity index (χ2v) is 9.85. The Morgan fingerprint density at radius 3 is 2.74 bits per heavy atom. The second-order valence-electron chi connectivity index (χ2n) is 9.85. The Morgan fingerprint density at radius 2 is 2.00 bits per heavy atom. The van der Waals surface area contributed by atoms with Crippen LogP contribution in [-0.2, 0) is 13.1 Å². The van der Waals surface area contributed by atoms with Gasteiger partial charge in [0.25, 0.3) is 5.56 Å². The Bertz CT molecular complexity index is 1330. The molecule has 0 saturated heterocycles. The monoisotopic (exact) mass is 474 g/mol. The average molecular weight is 475 g/mol. The molecule has 0 radical (unpaired) electrons. The van der Waals surface area contributed by atoms with Gasteiger partial charge in [0.05, 0.1) is 24.9 Å². The fourth-order valence-electron chi connectivity index (χ4n) is 5.54. The number of hydrogen-bond acceptors (Lipinski definition) is 6. The summed E-state index contributed by atoms with van der Waals surface area (Å²) in [5.74, 6) is 1.72. The molecule has 1 aliphatic carbocycles. The van der Waals surface area contributed by atoms with Crippen molar-refractivity contribution in [3.63, 3.8) is 0 Å². The zero-order valence-electron chi connectivity index (χ0n) is 20.8. The van der Waals surface area contributed by atoms with E-state index in [1.807, 2.05) is 35.9 Å². The highest BCUT2D eigenvalue weighted by Crippen LogP contribution is 2.33. The second kappa shape index (κ2) is 10.2. The number of fused-ring (bicyclic) bond motifs is 1. The van der Waals surface area contributed by atoms with Gasteiger partial charge in [-0.3, -0.25) is 9.69 Å². The lowest BCUT2D eigenvalue weighted by Gasteiger charge is -2.31. The molecular formula is C27H34N6O2. The molecular weight excluding hydrogens is 440 g/mol. The summed E-state index contributed by atoms with van der Waals surface area (Å²) in [5, 5.41) is 14.1. The molecule has 1 atom stereocenters. The predicted octanol–water partition coefficient (Wildman–Crippen LogP) is 5.38. The molecule has 1 aromatic carbocycles. The lowest BCUT2D eigenvalue weighted by Crippen LogP contribution is -2.33. The summed E-state index contributed by atoms with van der Waals surface area (Å²) in [7, 11) is 0. The molecule has 3 aromatic heterocycles. The molecule has 0 amide bonds. The van der Waals surface area contributed by atoms with Crippen molar-refractivity contribution in [3.8, 4) is 0 Å². The number of H-pyrrole nitrogens is 1. The van der Waals surface area contributed by atoms with Crippen molar-refractivity contribution in [2.24, 2.45) is 0 Å². The summed E-state index contributed by atoms with van der Waals surface area (Å²) in [4.78, 5) is 18.5. The van der Waals surface area contributed by atoms with E-state index in [9.17, 15) is 4.79 Å². The first-order valence-electron chi connectivity index (χ1n) is 12.7. The number of nitrogens with one attached hydrogen (secondary N) is 1.